The molecule has 17 heavy (non-hydrogen) atoms. The summed E-state index contributed by atoms with van der Waals surface area (Å²) in [5.74, 6) is 2.31. The van der Waals surface area contributed by atoms with Crippen LogP contribution in [0.25, 0.3) is 0 Å². The van der Waals surface area contributed by atoms with Crippen molar-refractivity contribution in [1.29, 1.82) is 0 Å². The van der Waals surface area contributed by atoms with Crippen LogP contribution in [0.2, 0.25) is 0 Å². The van der Waals surface area contributed by atoms with Gasteiger partial charge in [0.15, 0.2) is 11.5 Å². The molecule has 0 aliphatic carbocycles. The van der Waals surface area contributed by atoms with Crippen molar-refractivity contribution in [3.8, 4) is 17.2 Å². The maximum Gasteiger partial charge on any atom is 0.203 e. The summed E-state index contributed by atoms with van der Waals surface area (Å²) in [5.41, 5.74) is 6.63. The fraction of sp³-hybridized carbons (Fsp3) is 0.538. The van der Waals surface area contributed by atoms with E-state index < -0.39 is 0 Å². The van der Waals surface area contributed by atoms with E-state index in [2.05, 4.69) is 0 Å². The normalized spacial score (nSPS) is 12.1. The zero-order valence-electron chi connectivity index (χ0n) is 10.9. The minimum absolute atomic E-state index is 0.297. The molecule has 0 saturated carbocycles. The second-order valence-electron chi connectivity index (χ2n) is 4.15. The van der Waals surface area contributed by atoms with Crippen LogP contribution in [0, 0.1) is 12.8 Å². The highest BCUT2D eigenvalue weighted by Crippen LogP contribution is 2.38. The number of benzene rings is 1. The SMILES string of the molecule is COc1cc(C)cc(OC)c1OCC(C)CN. The zero-order chi connectivity index (χ0) is 12.8. The summed E-state index contributed by atoms with van der Waals surface area (Å²) >= 11 is 0. The molecule has 4 nitrogen and oxygen atoms in total. The van der Waals surface area contributed by atoms with Gasteiger partial charge in [0, 0.05) is 5.92 Å². The van der Waals surface area contributed by atoms with Crippen LogP contribution in [0.4, 0.5) is 0 Å². The summed E-state index contributed by atoms with van der Waals surface area (Å²) in [6, 6.07) is 3.84. The molecule has 0 spiro atoms. The molecule has 1 atom stereocenters. The Bertz CT molecular complexity index is 341. The summed E-state index contributed by atoms with van der Waals surface area (Å²) in [4.78, 5) is 0. The Balaban J connectivity index is 2.94. The predicted octanol–water partition coefficient (Wildman–Crippen LogP) is 1.99. The third kappa shape index (κ3) is 3.53. The zero-order valence-corrected chi connectivity index (χ0v) is 10.9. The van der Waals surface area contributed by atoms with E-state index in [-0.39, 0.29) is 0 Å². The van der Waals surface area contributed by atoms with Crippen molar-refractivity contribution in [3.05, 3.63) is 17.7 Å². The van der Waals surface area contributed by atoms with E-state index in [1.54, 1.807) is 14.2 Å². The minimum atomic E-state index is 0.297. The highest BCUT2D eigenvalue weighted by atomic mass is 16.5. The molecule has 0 bridgehead atoms. The first-order valence-electron chi connectivity index (χ1n) is 5.67. The summed E-state index contributed by atoms with van der Waals surface area (Å²) in [6.45, 7) is 5.16. The molecular formula is C13H21NO3. The van der Waals surface area contributed by atoms with Crippen molar-refractivity contribution in [2.24, 2.45) is 11.7 Å². The van der Waals surface area contributed by atoms with Crippen molar-refractivity contribution in [3.63, 3.8) is 0 Å². The third-order valence-electron chi connectivity index (χ3n) is 2.52. The molecule has 1 aromatic carbocycles. The van der Waals surface area contributed by atoms with Crippen LogP contribution >= 0.6 is 0 Å². The lowest BCUT2D eigenvalue weighted by Crippen LogP contribution is -2.18. The highest BCUT2D eigenvalue weighted by Gasteiger charge is 2.13. The van der Waals surface area contributed by atoms with Crippen LogP contribution in [-0.2, 0) is 0 Å². The van der Waals surface area contributed by atoms with Crippen molar-refractivity contribution >= 4 is 0 Å². The predicted molar refractivity (Wildman–Crippen MR) is 68.0 cm³/mol. The van der Waals surface area contributed by atoms with Crippen LogP contribution in [0.3, 0.4) is 0 Å². The number of aryl methyl sites for hydroxylation is 1. The molecular weight excluding hydrogens is 218 g/mol. The fourth-order valence-electron chi connectivity index (χ4n) is 1.45. The van der Waals surface area contributed by atoms with Gasteiger partial charge >= 0.3 is 0 Å². The Labute approximate surface area is 103 Å². The summed E-state index contributed by atoms with van der Waals surface area (Å²) < 4.78 is 16.3. The average molecular weight is 239 g/mol. The first-order valence-corrected chi connectivity index (χ1v) is 5.67. The topological polar surface area (TPSA) is 53.7 Å². The molecule has 1 unspecified atom stereocenters. The van der Waals surface area contributed by atoms with Crippen LogP contribution in [0.1, 0.15) is 12.5 Å². The Morgan fingerprint density at radius 2 is 1.71 bits per heavy atom. The molecule has 0 aliphatic rings. The van der Waals surface area contributed by atoms with E-state index in [1.807, 2.05) is 26.0 Å². The molecule has 0 saturated heterocycles. The van der Waals surface area contributed by atoms with E-state index >= 15 is 0 Å². The molecule has 4 heteroatoms. The van der Waals surface area contributed by atoms with Crippen molar-refractivity contribution < 1.29 is 14.2 Å². The first kappa shape index (κ1) is 13.6. The molecule has 0 aliphatic heterocycles. The molecule has 1 aromatic rings. The molecule has 1 rings (SSSR count). The standard InChI is InChI=1S/C13H21NO3/c1-9-5-11(15-3)13(12(6-9)16-4)17-8-10(2)7-14/h5-6,10H,7-8,14H2,1-4H3. The largest absolute Gasteiger partial charge is 0.493 e. The van der Waals surface area contributed by atoms with Gasteiger partial charge in [-0.2, -0.15) is 0 Å². The lowest BCUT2D eigenvalue weighted by Gasteiger charge is -2.17. The van der Waals surface area contributed by atoms with Crippen LogP contribution in [0.5, 0.6) is 17.2 Å². The van der Waals surface area contributed by atoms with Gasteiger partial charge in [0.25, 0.3) is 0 Å². The van der Waals surface area contributed by atoms with E-state index in [0.29, 0.717) is 36.3 Å². The van der Waals surface area contributed by atoms with Gasteiger partial charge in [0.2, 0.25) is 5.75 Å². The molecule has 0 fully saturated rings. The van der Waals surface area contributed by atoms with Crippen LogP contribution in [0.15, 0.2) is 12.1 Å². The van der Waals surface area contributed by atoms with Crippen molar-refractivity contribution in [2.75, 3.05) is 27.4 Å². The number of hydrogen-bond acceptors (Lipinski definition) is 4. The molecule has 0 radical (unpaired) electrons. The van der Waals surface area contributed by atoms with E-state index in [9.17, 15) is 0 Å². The van der Waals surface area contributed by atoms with Gasteiger partial charge in [-0.05, 0) is 31.2 Å². The van der Waals surface area contributed by atoms with E-state index in [1.165, 1.54) is 0 Å². The van der Waals surface area contributed by atoms with Crippen LogP contribution < -0.4 is 19.9 Å². The fourth-order valence-corrected chi connectivity index (χ4v) is 1.45. The highest BCUT2D eigenvalue weighted by molar-refractivity contribution is 5.53. The Morgan fingerprint density at radius 1 is 1.18 bits per heavy atom. The number of hydrogen-bond donors (Lipinski definition) is 1. The van der Waals surface area contributed by atoms with Gasteiger partial charge in [-0.25, -0.2) is 0 Å². The number of methoxy groups -OCH3 is 2. The molecule has 0 amide bonds. The Kier molecular flexibility index (Phi) is 5.10. The monoisotopic (exact) mass is 239 g/mol. The number of ether oxygens (including phenoxy) is 3. The van der Waals surface area contributed by atoms with Gasteiger partial charge in [-0.3, -0.25) is 0 Å². The molecule has 96 valence electrons. The summed E-state index contributed by atoms with van der Waals surface area (Å²) in [5, 5.41) is 0. The maximum atomic E-state index is 5.73. The molecule has 0 heterocycles. The third-order valence-corrected chi connectivity index (χ3v) is 2.52. The summed E-state index contributed by atoms with van der Waals surface area (Å²) in [6.07, 6.45) is 0. The van der Waals surface area contributed by atoms with Gasteiger partial charge in [-0.1, -0.05) is 6.92 Å². The Morgan fingerprint density at radius 3 is 2.12 bits per heavy atom. The van der Waals surface area contributed by atoms with E-state index in [4.69, 9.17) is 19.9 Å². The number of nitrogens with two attached hydrogens (primary N) is 1. The first-order chi connectivity index (χ1) is 8.12. The van der Waals surface area contributed by atoms with E-state index in [0.717, 1.165) is 5.56 Å². The van der Waals surface area contributed by atoms with Crippen molar-refractivity contribution in [2.45, 2.75) is 13.8 Å². The van der Waals surface area contributed by atoms with Gasteiger partial charge in [0.1, 0.15) is 0 Å². The smallest absolute Gasteiger partial charge is 0.203 e. The lowest BCUT2D eigenvalue weighted by molar-refractivity contribution is 0.238. The van der Waals surface area contributed by atoms with Gasteiger partial charge < -0.3 is 19.9 Å². The second kappa shape index (κ2) is 6.35. The van der Waals surface area contributed by atoms with Crippen molar-refractivity contribution in [1.82, 2.24) is 0 Å². The Hall–Kier alpha value is -1.42. The minimum Gasteiger partial charge on any atom is -0.493 e. The van der Waals surface area contributed by atoms with Gasteiger partial charge in [-0.15, -0.1) is 0 Å². The summed E-state index contributed by atoms with van der Waals surface area (Å²) in [7, 11) is 3.24. The molecule has 0 aromatic heterocycles. The quantitative estimate of drug-likeness (QED) is 0.824. The van der Waals surface area contributed by atoms with Gasteiger partial charge in [0.05, 0.1) is 20.8 Å². The van der Waals surface area contributed by atoms with Crippen LogP contribution in [-0.4, -0.2) is 27.4 Å². The average Bonchev–Trinajstić information content (AvgIpc) is 2.35. The second-order valence-corrected chi connectivity index (χ2v) is 4.15. The number of rotatable bonds is 6. The molecule has 2 N–H and O–H groups in total. The lowest BCUT2D eigenvalue weighted by atomic mass is 10.2. The maximum absolute atomic E-state index is 5.73.